The Bertz CT molecular complexity index is 257. The summed E-state index contributed by atoms with van der Waals surface area (Å²) in [6, 6.07) is 2.45. The van der Waals surface area contributed by atoms with Crippen LogP contribution in [0.2, 0.25) is 0 Å². The molecule has 1 saturated carbocycles. The monoisotopic (exact) mass is 238 g/mol. The molecule has 0 saturated heterocycles. The highest BCUT2D eigenvalue weighted by molar-refractivity contribution is 5.15. The molecule has 2 unspecified atom stereocenters. The topological polar surface area (TPSA) is 45.0 Å². The molecular weight excluding hydrogens is 212 g/mol. The largest absolute Gasteiger partial charge is 0.378 e. The molecule has 17 heavy (non-hydrogen) atoms. The van der Waals surface area contributed by atoms with Gasteiger partial charge in [0.2, 0.25) is 0 Å². The third-order valence-corrected chi connectivity index (χ3v) is 3.48. The molecule has 1 rings (SSSR count). The highest BCUT2D eigenvalue weighted by Crippen LogP contribution is 2.39. The molecule has 1 N–H and O–H groups in total. The number of nitriles is 1. The first-order valence-corrected chi connectivity index (χ1v) is 6.92. The smallest absolute Gasteiger partial charge is 0.133 e. The zero-order valence-electron chi connectivity index (χ0n) is 11.5. The Hall–Kier alpha value is -0.590. The van der Waals surface area contributed by atoms with Crippen molar-refractivity contribution in [1.82, 2.24) is 5.32 Å². The van der Waals surface area contributed by atoms with E-state index in [1.165, 1.54) is 12.8 Å². The average Bonchev–Trinajstić information content (AvgIpc) is 3.12. The zero-order chi connectivity index (χ0) is 12.7. The summed E-state index contributed by atoms with van der Waals surface area (Å²) in [6.45, 7) is 8.60. The molecule has 0 aromatic rings. The minimum Gasteiger partial charge on any atom is -0.378 e. The molecule has 0 spiro atoms. The molecule has 0 aliphatic heterocycles. The Kier molecular flexibility index (Phi) is 5.94. The van der Waals surface area contributed by atoms with E-state index in [1.807, 2.05) is 6.92 Å². The predicted octanol–water partition coefficient (Wildman–Crippen LogP) is 2.72. The van der Waals surface area contributed by atoms with Gasteiger partial charge in [-0.1, -0.05) is 27.2 Å². The zero-order valence-corrected chi connectivity index (χ0v) is 11.5. The molecule has 3 heteroatoms. The van der Waals surface area contributed by atoms with E-state index in [9.17, 15) is 5.26 Å². The lowest BCUT2D eigenvalue weighted by Crippen LogP contribution is -2.50. The van der Waals surface area contributed by atoms with Crippen molar-refractivity contribution >= 4 is 0 Å². The van der Waals surface area contributed by atoms with Crippen LogP contribution in [0, 0.1) is 23.2 Å². The van der Waals surface area contributed by atoms with Gasteiger partial charge >= 0.3 is 0 Å². The van der Waals surface area contributed by atoms with Crippen LogP contribution in [0.1, 0.15) is 46.5 Å². The van der Waals surface area contributed by atoms with E-state index in [1.54, 1.807) is 0 Å². The van der Waals surface area contributed by atoms with E-state index in [0.717, 1.165) is 26.0 Å². The third kappa shape index (κ3) is 4.29. The first-order chi connectivity index (χ1) is 8.18. The summed E-state index contributed by atoms with van der Waals surface area (Å²) in [5.74, 6) is 1.09. The van der Waals surface area contributed by atoms with Crippen molar-refractivity contribution in [2.75, 3.05) is 19.8 Å². The summed E-state index contributed by atoms with van der Waals surface area (Å²) in [7, 11) is 0. The number of hydrogen-bond acceptors (Lipinski definition) is 3. The predicted molar refractivity (Wildman–Crippen MR) is 69.6 cm³/mol. The molecular formula is C14H26N2O. The van der Waals surface area contributed by atoms with Crippen molar-refractivity contribution in [2.24, 2.45) is 11.8 Å². The van der Waals surface area contributed by atoms with E-state index in [2.05, 4.69) is 25.2 Å². The van der Waals surface area contributed by atoms with Crippen LogP contribution in [-0.2, 0) is 4.74 Å². The number of ether oxygens (including phenoxy) is 1. The van der Waals surface area contributed by atoms with Crippen LogP contribution in [0.15, 0.2) is 0 Å². The number of nitrogens with zero attached hydrogens (tertiary/aromatic N) is 1. The van der Waals surface area contributed by atoms with Crippen molar-refractivity contribution < 1.29 is 4.74 Å². The highest BCUT2D eigenvalue weighted by Gasteiger charge is 2.45. The molecule has 1 fully saturated rings. The number of rotatable bonds is 9. The summed E-state index contributed by atoms with van der Waals surface area (Å²) in [5.41, 5.74) is -0.430. The SMILES string of the molecule is CCCC(C)COCC(C#N)(NCC)C1CC1. The van der Waals surface area contributed by atoms with Gasteiger partial charge < -0.3 is 4.74 Å². The molecule has 0 aromatic carbocycles. The van der Waals surface area contributed by atoms with Gasteiger partial charge in [0.1, 0.15) is 5.54 Å². The van der Waals surface area contributed by atoms with Gasteiger partial charge in [0.25, 0.3) is 0 Å². The minimum atomic E-state index is -0.430. The molecule has 0 bridgehead atoms. The fourth-order valence-corrected chi connectivity index (χ4v) is 2.37. The fraction of sp³-hybridized carbons (Fsp3) is 0.929. The fourth-order valence-electron chi connectivity index (χ4n) is 2.37. The lowest BCUT2D eigenvalue weighted by molar-refractivity contribution is 0.0589. The first-order valence-electron chi connectivity index (χ1n) is 6.92. The van der Waals surface area contributed by atoms with Crippen LogP contribution >= 0.6 is 0 Å². The minimum absolute atomic E-state index is 0.430. The molecule has 0 aromatic heterocycles. The molecule has 0 radical (unpaired) electrons. The molecule has 0 heterocycles. The van der Waals surface area contributed by atoms with Gasteiger partial charge in [-0.15, -0.1) is 0 Å². The summed E-state index contributed by atoms with van der Waals surface area (Å²) in [6.07, 6.45) is 4.72. The standard InChI is InChI=1S/C14H26N2O/c1-4-6-12(3)9-17-11-14(10-15,16-5-2)13-7-8-13/h12-13,16H,4-9,11H2,1-3H3. The quantitative estimate of drug-likeness (QED) is 0.672. The first kappa shape index (κ1) is 14.5. The van der Waals surface area contributed by atoms with E-state index in [0.29, 0.717) is 18.4 Å². The van der Waals surface area contributed by atoms with Gasteiger partial charge in [0, 0.05) is 6.61 Å². The van der Waals surface area contributed by atoms with Gasteiger partial charge in [-0.25, -0.2) is 0 Å². The van der Waals surface area contributed by atoms with Crippen LogP contribution in [0.3, 0.4) is 0 Å². The normalized spacial score (nSPS) is 20.6. The molecule has 1 aliphatic rings. The average molecular weight is 238 g/mol. The van der Waals surface area contributed by atoms with Crippen molar-refractivity contribution in [3.63, 3.8) is 0 Å². The summed E-state index contributed by atoms with van der Waals surface area (Å²) in [5, 5.41) is 12.7. The second-order valence-electron chi connectivity index (χ2n) is 5.30. The van der Waals surface area contributed by atoms with E-state index in [4.69, 9.17) is 4.74 Å². The van der Waals surface area contributed by atoms with Crippen LogP contribution < -0.4 is 5.32 Å². The van der Waals surface area contributed by atoms with Crippen molar-refractivity contribution in [3.8, 4) is 6.07 Å². The Morgan fingerprint density at radius 1 is 1.47 bits per heavy atom. The van der Waals surface area contributed by atoms with Gasteiger partial charge in [-0.3, -0.25) is 5.32 Å². The van der Waals surface area contributed by atoms with Gasteiger partial charge in [0.15, 0.2) is 0 Å². The van der Waals surface area contributed by atoms with Crippen molar-refractivity contribution in [2.45, 2.75) is 52.0 Å². The number of likely N-dealkylation sites (N-methyl/N-ethyl adjacent to an activating group) is 1. The second kappa shape index (κ2) is 6.98. The van der Waals surface area contributed by atoms with E-state index < -0.39 is 5.54 Å². The molecule has 2 atom stereocenters. The lowest BCUT2D eigenvalue weighted by Gasteiger charge is -2.27. The van der Waals surface area contributed by atoms with Gasteiger partial charge in [0.05, 0.1) is 12.7 Å². The molecule has 3 nitrogen and oxygen atoms in total. The van der Waals surface area contributed by atoms with Gasteiger partial charge in [-0.05, 0) is 37.6 Å². The van der Waals surface area contributed by atoms with Crippen LogP contribution in [0.4, 0.5) is 0 Å². The Labute approximate surface area is 106 Å². The Morgan fingerprint density at radius 2 is 2.18 bits per heavy atom. The number of nitrogens with one attached hydrogen (secondary N) is 1. The number of hydrogen-bond donors (Lipinski definition) is 1. The molecule has 0 amide bonds. The maximum atomic E-state index is 9.39. The maximum absolute atomic E-state index is 9.39. The van der Waals surface area contributed by atoms with Crippen LogP contribution in [0.5, 0.6) is 0 Å². The van der Waals surface area contributed by atoms with Gasteiger partial charge in [-0.2, -0.15) is 5.26 Å². The summed E-state index contributed by atoms with van der Waals surface area (Å²) in [4.78, 5) is 0. The van der Waals surface area contributed by atoms with Crippen LogP contribution in [-0.4, -0.2) is 25.3 Å². The highest BCUT2D eigenvalue weighted by atomic mass is 16.5. The van der Waals surface area contributed by atoms with E-state index >= 15 is 0 Å². The van der Waals surface area contributed by atoms with Crippen molar-refractivity contribution in [3.05, 3.63) is 0 Å². The summed E-state index contributed by atoms with van der Waals surface area (Å²) < 4.78 is 5.77. The molecule has 1 aliphatic carbocycles. The van der Waals surface area contributed by atoms with E-state index in [-0.39, 0.29) is 0 Å². The van der Waals surface area contributed by atoms with Crippen molar-refractivity contribution in [1.29, 1.82) is 5.26 Å². The summed E-state index contributed by atoms with van der Waals surface area (Å²) >= 11 is 0. The Morgan fingerprint density at radius 3 is 2.65 bits per heavy atom. The maximum Gasteiger partial charge on any atom is 0.133 e. The third-order valence-electron chi connectivity index (χ3n) is 3.48. The van der Waals surface area contributed by atoms with Crippen LogP contribution in [0.25, 0.3) is 0 Å². The second-order valence-corrected chi connectivity index (χ2v) is 5.30. The Balaban J connectivity index is 2.37. The lowest BCUT2D eigenvalue weighted by atomic mass is 9.96. The molecule has 98 valence electrons.